The fourth-order valence-electron chi connectivity index (χ4n) is 2.29. The molecule has 8 heteroatoms. The molecule has 0 aromatic carbocycles. The lowest BCUT2D eigenvalue weighted by Gasteiger charge is -2.09. The minimum atomic E-state index is -0.288. The van der Waals surface area contributed by atoms with Crippen molar-refractivity contribution in [3.63, 3.8) is 0 Å². The number of imidazole rings is 1. The van der Waals surface area contributed by atoms with Crippen molar-refractivity contribution in [1.29, 1.82) is 0 Å². The summed E-state index contributed by atoms with van der Waals surface area (Å²) < 4.78 is 6.89. The van der Waals surface area contributed by atoms with Gasteiger partial charge in [0.2, 0.25) is 0 Å². The van der Waals surface area contributed by atoms with Gasteiger partial charge in [0, 0.05) is 0 Å². The van der Waals surface area contributed by atoms with E-state index in [4.69, 9.17) is 15.6 Å². The Morgan fingerprint density at radius 2 is 2.44 bits per heavy atom. The van der Waals surface area contributed by atoms with Gasteiger partial charge in [-0.25, -0.2) is 14.8 Å². The van der Waals surface area contributed by atoms with Gasteiger partial charge < -0.3 is 20.6 Å². The Balaban J connectivity index is 2.10. The normalized spacial score (nSPS) is 23.8. The van der Waals surface area contributed by atoms with Gasteiger partial charge in [0.25, 0.3) is 0 Å². The molecule has 1 saturated heterocycles. The van der Waals surface area contributed by atoms with Crippen LogP contribution in [0, 0.1) is 0 Å². The van der Waals surface area contributed by atoms with Gasteiger partial charge in [-0.1, -0.05) is 0 Å². The number of anilines is 1. The van der Waals surface area contributed by atoms with Crippen LogP contribution in [0.15, 0.2) is 11.1 Å². The van der Waals surface area contributed by atoms with Crippen LogP contribution in [0.1, 0.15) is 12.5 Å². The molecule has 4 N–H and O–H groups in total. The number of aromatic amines is 1. The van der Waals surface area contributed by atoms with E-state index in [0.29, 0.717) is 24.2 Å². The number of nitrogens with two attached hydrogens (primary N) is 1. The Morgan fingerprint density at radius 1 is 1.61 bits per heavy atom. The minimum absolute atomic E-state index is 0.0509. The van der Waals surface area contributed by atoms with Crippen LogP contribution in [0.25, 0.3) is 11.2 Å². The Morgan fingerprint density at radius 3 is 3.17 bits per heavy atom. The maximum atomic E-state index is 11.9. The van der Waals surface area contributed by atoms with Crippen molar-refractivity contribution in [2.45, 2.75) is 18.6 Å². The largest absolute Gasteiger partial charge is 0.394 e. The first-order valence-corrected chi connectivity index (χ1v) is 5.64. The number of nitrogens with one attached hydrogen (secondary N) is 1. The predicted octanol–water partition coefficient (Wildman–Crippen LogP) is -0.976. The van der Waals surface area contributed by atoms with E-state index in [9.17, 15) is 4.79 Å². The van der Waals surface area contributed by atoms with E-state index in [-0.39, 0.29) is 30.3 Å². The molecule has 0 spiro atoms. The molecule has 2 aromatic rings. The number of H-pyrrole nitrogens is 1. The molecule has 3 rings (SSSR count). The van der Waals surface area contributed by atoms with E-state index in [2.05, 4.69) is 15.0 Å². The van der Waals surface area contributed by atoms with E-state index in [1.165, 1.54) is 10.9 Å². The average molecular weight is 251 g/mol. The van der Waals surface area contributed by atoms with Crippen molar-refractivity contribution in [2.24, 2.45) is 0 Å². The van der Waals surface area contributed by atoms with Gasteiger partial charge >= 0.3 is 5.69 Å². The van der Waals surface area contributed by atoms with Gasteiger partial charge in [-0.3, -0.25) is 4.57 Å². The highest BCUT2D eigenvalue weighted by Crippen LogP contribution is 2.25. The first-order chi connectivity index (χ1) is 8.70. The summed E-state index contributed by atoms with van der Waals surface area (Å²) in [6, 6.07) is -0.141. The number of fused-ring (bicyclic) bond motifs is 1. The Kier molecular flexibility index (Phi) is 2.53. The number of nitrogen functional groups attached to an aromatic ring is 1. The molecule has 1 aliphatic rings. The van der Waals surface area contributed by atoms with Gasteiger partial charge in [0.05, 0.1) is 25.4 Å². The van der Waals surface area contributed by atoms with Crippen molar-refractivity contribution >= 4 is 17.0 Å². The number of rotatable bonds is 2. The van der Waals surface area contributed by atoms with Gasteiger partial charge in [0.1, 0.15) is 11.8 Å². The Labute approximate surface area is 101 Å². The summed E-state index contributed by atoms with van der Waals surface area (Å²) in [5.74, 6) is 0.244. The van der Waals surface area contributed by atoms with Crippen molar-refractivity contribution in [1.82, 2.24) is 19.5 Å². The van der Waals surface area contributed by atoms with Crippen molar-refractivity contribution < 1.29 is 9.84 Å². The lowest BCUT2D eigenvalue weighted by molar-refractivity contribution is 0.0575. The standard InChI is InChI=1S/C10H13N5O3/c11-8-7-9(13-4-12-8)15(10(17)14-7)5-1-6(2-16)18-3-5/h4-6,16H,1-3H2,(H,14,17)(H2,11,12,13)/t5-,6-/m0/s1. The van der Waals surface area contributed by atoms with Crippen molar-refractivity contribution in [3.8, 4) is 0 Å². The molecule has 0 aliphatic carbocycles. The molecule has 3 heterocycles. The van der Waals surface area contributed by atoms with Crippen LogP contribution in [-0.4, -0.2) is 43.9 Å². The molecule has 0 bridgehead atoms. The summed E-state index contributed by atoms with van der Waals surface area (Å²) in [6.07, 6.45) is 1.67. The molecule has 0 unspecified atom stereocenters. The molecular formula is C10H13N5O3. The number of aliphatic hydroxyl groups excluding tert-OH is 1. The molecule has 18 heavy (non-hydrogen) atoms. The van der Waals surface area contributed by atoms with Gasteiger partial charge in [-0.15, -0.1) is 0 Å². The second-order valence-electron chi connectivity index (χ2n) is 4.29. The highest BCUT2D eigenvalue weighted by Gasteiger charge is 2.29. The molecule has 2 atom stereocenters. The van der Waals surface area contributed by atoms with Gasteiger partial charge in [-0.2, -0.15) is 0 Å². The van der Waals surface area contributed by atoms with E-state index < -0.39 is 0 Å². The summed E-state index contributed by atoms with van der Waals surface area (Å²) in [5.41, 5.74) is 6.31. The summed E-state index contributed by atoms with van der Waals surface area (Å²) in [4.78, 5) is 22.5. The highest BCUT2D eigenvalue weighted by atomic mass is 16.5. The molecule has 1 aliphatic heterocycles. The molecule has 1 fully saturated rings. The van der Waals surface area contributed by atoms with Crippen LogP contribution < -0.4 is 11.4 Å². The number of ether oxygens (including phenoxy) is 1. The monoisotopic (exact) mass is 251 g/mol. The van der Waals surface area contributed by atoms with E-state index in [0.717, 1.165) is 0 Å². The molecule has 0 amide bonds. The second-order valence-corrected chi connectivity index (χ2v) is 4.29. The number of aliphatic hydroxyl groups is 1. The zero-order valence-corrected chi connectivity index (χ0v) is 9.54. The lowest BCUT2D eigenvalue weighted by Crippen LogP contribution is -2.23. The fraction of sp³-hybridized carbons (Fsp3) is 0.500. The first-order valence-electron chi connectivity index (χ1n) is 5.64. The Hall–Kier alpha value is -1.93. The summed E-state index contributed by atoms with van der Waals surface area (Å²) in [6.45, 7) is 0.326. The molecular weight excluding hydrogens is 238 g/mol. The zero-order valence-electron chi connectivity index (χ0n) is 9.54. The van der Waals surface area contributed by atoms with E-state index in [1.807, 2.05) is 0 Å². The predicted molar refractivity (Wildman–Crippen MR) is 63.0 cm³/mol. The van der Waals surface area contributed by atoms with Crippen LogP contribution in [-0.2, 0) is 4.74 Å². The number of hydrogen-bond acceptors (Lipinski definition) is 6. The van der Waals surface area contributed by atoms with Crippen LogP contribution in [0.4, 0.5) is 5.82 Å². The average Bonchev–Trinajstić information content (AvgIpc) is 2.93. The van der Waals surface area contributed by atoms with E-state index in [1.54, 1.807) is 0 Å². The summed E-state index contributed by atoms with van der Waals surface area (Å²) in [5, 5.41) is 9.04. The van der Waals surface area contributed by atoms with Gasteiger partial charge in [0.15, 0.2) is 11.5 Å². The second kappa shape index (κ2) is 4.07. The number of nitrogens with zero attached hydrogens (tertiary/aromatic N) is 3. The molecule has 0 saturated carbocycles. The lowest BCUT2D eigenvalue weighted by atomic mass is 10.2. The fourth-order valence-corrected chi connectivity index (χ4v) is 2.29. The summed E-state index contributed by atoms with van der Waals surface area (Å²) in [7, 11) is 0. The third-order valence-corrected chi connectivity index (χ3v) is 3.16. The molecule has 8 nitrogen and oxygen atoms in total. The topological polar surface area (TPSA) is 119 Å². The maximum absolute atomic E-state index is 11.9. The SMILES string of the molecule is Nc1ncnc2c1[nH]c(=O)n2[C@@H]1CO[C@H](CO)C1. The number of hydrogen-bond donors (Lipinski definition) is 3. The Bertz CT molecular complexity index is 634. The smallest absolute Gasteiger partial charge is 0.328 e. The summed E-state index contributed by atoms with van der Waals surface area (Å²) >= 11 is 0. The van der Waals surface area contributed by atoms with E-state index >= 15 is 0 Å². The third kappa shape index (κ3) is 1.57. The minimum Gasteiger partial charge on any atom is -0.394 e. The maximum Gasteiger partial charge on any atom is 0.328 e. The molecule has 0 radical (unpaired) electrons. The van der Waals surface area contributed by atoms with Crippen LogP contribution in [0.3, 0.4) is 0 Å². The van der Waals surface area contributed by atoms with Gasteiger partial charge in [-0.05, 0) is 6.42 Å². The van der Waals surface area contributed by atoms with Crippen molar-refractivity contribution in [3.05, 3.63) is 16.8 Å². The van der Waals surface area contributed by atoms with Crippen LogP contribution >= 0.6 is 0 Å². The molecule has 96 valence electrons. The van der Waals surface area contributed by atoms with Crippen LogP contribution in [0.2, 0.25) is 0 Å². The number of aromatic nitrogens is 4. The third-order valence-electron chi connectivity index (χ3n) is 3.16. The highest BCUT2D eigenvalue weighted by molar-refractivity contribution is 5.81. The quantitative estimate of drug-likeness (QED) is 0.631. The van der Waals surface area contributed by atoms with Crippen molar-refractivity contribution in [2.75, 3.05) is 18.9 Å². The first kappa shape index (κ1) is 11.2. The zero-order chi connectivity index (χ0) is 12.7. The van der Waals surface area contributed by atoms with Crippen LogP contribution in [0.5, 0.6) is 0 Å². The molecule has 2 aromatic heterocycles.